The van der Waals surface area contributed by atoms with Crippen LogP contribution in [0.3, 0.4) is 0 Å². The number of amides is 1. The third kappa shape index (κ3) is 2.34. The summed E-state index contributed by atoms with van der Waals surface area (Å²) in [6.07, 6.45) is 1.24. The Hall–Kier alpha value is -3.08. The summed E-state index contributed by atoms with van der Waals surface area (Å²) in [6.45, 7) is 0. The summed E-state index contributed by atoms with van der Waals surface area (Å²) >= 11 is 0. The normalized spacial score (nSPS) is 13.5. The van der Waals surface area contributed by atoms with Gasteiger partial charge in [0.2, 0.25) is 11.5 Å². The smallest absolute Gasteiger partial charge is 0.248 e. The van der Waals surface area contributed by atoms with Gasteiger partial charge in [0.1, 0.15) is 5.75 Å². The molecule has 2 N–H and O–H groups in total. The molecule has 0 fully saturated rings. The van der Waals surface area contributed by atoms with Gasteiger partial charge in [0, 0.05) is 23.6 Å². The molecule has 1 aromatic heterocycles. The van der Waals surface area contributed by atoms with Crippen molar-refractivity contribution in [3.05, 3.63) is 58.4 Å². The van der Waals surface area contributed by atoms with Crippen molar-refractivity contribution < 1.29 is 9.53 Å². The van der Waals surface area contributed by atoms with Gasteiger partial charge in [-0.2, -0.15) is 0 Å². The van der Waals surface area contributed by atoms with Gasteiger partial charge in [-0.3, -0.25) is 9.59 Å². The maximum absolute atomic E-state index is 11.7. The van der Waals surface area contributed by atoms with Crippen LogP contribution in [0.4, 0.5) is 5.69 Å². The molecule has 0 atom stereocenters. The number of hydrogen-bond donors (Lipinski definition) is 2. The summed E-state index contributed by atoms with van der Waals surface area (Å²) in [5, 5.41) is 3.82. The fraction of sp³-hybridized carbons (Fsp3) is 0.158. The number of nitrogens with one attached hydrogen (secondary N) is 2. The number of benzene rings is 2. The molecule has 24 heavy (non-hydrogen) atoms. The first-order valence-electron chi connectivity index (χ1n) is 7.79. The van der Waals surface area contributed by atoms with E-state index >= 15 is 0 Å². The standard InChI is InChI=1S/C19H16N2O3/c1-24-16-7-4-13(14-5-9-18(23)21-19(14)16)11-2-6-15-12(10-11)3-8-17(22)20-15/h2,4-7,9-10H,3,8H2,1H3,(H,20,22)(H,21,23). The van der Waals surface area contributed by atoms with Gasteiger partial charge < -0.3 is 15.0 Å². The Kier molecular flexibility index (Phi) is 3.34. The van der Waals surface area contributed by atoms with Crippen molar-refractivity contribution in [1.82, 2.24) is 4.98 Å². The lowest BCUT2D eigenvalue weighted by atomic mass is 9.95. The maximum atomic E-state index is 11.7. The number of pyridine rings is 1. The first-order valence-corrected chi connectivity index (χ1v) is 7.79. The summed E-state index contributed by atoms with van der Waals surface area (Å²) in [6, 6.07) is 13.2. The number of aromatic amines is 1. The second kappa shape index (κ2) is 5.53. The van der Waals surface area contributed by atoms with Crippen LogP contribution in [0.2, 0.25) is 0 Å². The molecule has 0 saturated carbocycles. The molecule has 1 aliphatic heterocycles. The third-order valence-corrected chi connectivity index (χ3v) is 4.39. The van der Waals surface area contributed by atoms with Crippen LogP contribution in [0.5, 0.6) is 5.75 Å². The molecule has 4 rings (SSSR count). The Morgan fingerprint density at radius 1 is 1.00 bits per heavy atom. The second-order valence-electron chi connectivity index (χ2n) is 5.85. The van der Waals surface area contributed by atoms with E-state index < -0.39 is 0 Å². The second-order valence-corrected chi connectivity index (χ2v) is 5.85. The van der Waals surface area contributed by atoms with E-state index in [1.165, 1.54) is 6.07 Å². The summed E-state index contributed by atoms with van der Waals surface area (Å²) in [7, 11) is 1.58. The number of methoxy groups -OCH3 is 1. The molecule has 0 unspecified atom stereocenters. The zero-order valence-electron chi connectivity index (χ0n) is 13.2. The molecule has 0 aliphatic carbocycles. The van der Waals surface area contributed by atoms with Crippen LogP contribution in [-0.2, 0) is 11.2 Å². The molecule has 1 aliphatic rings. The number of carbonyl (C=O) groups excluding carboxylic acids is 1. The minimum Gasteiger partial charge on any atom is -0.495 e. The summed E-state index contributed by atoms with van der Waals surface area (Å²) < 4.78 is 5.36. The highest BCUT2D eigenvalue weighted by Gasteiger charge is 2.16. The molecule has 2 heterocycles. The lowest BCUT2D eigenvalue weighted by molar-refractivity contribution is -0.116. The number of hydrogen-bond acceptors (Lipinski definition) is 3. The van der Waals surface area contributed by atoms with Gasteiger partial charge in [0.05, 0.1) is 12.6 Å². The fourth-order valence-corrected chi connectivity index (χ4v) is 3.20. The molecule has 5 heteroatoms. The average molecular weight is 320 g/mol. The van der Waals surface area contributed by atoms with E-state index in [1.54, 1.807) is 7.11 Å². The van der Waals surface area contributed by atoms with E-state index in [2.05, 4.69) is 16.4 Å². The van der Waals surface area contributed by atoms with Crippen molar-refractivity contribution in [2.24, 2.45) is 0 Å². The van der Waals surface area contributed by atoms with E-state index in [1.807, 2.05) is 30.3 Å². The van der Waals surface area contributed by atoms with Crippen LogP contribution in [0, 0.1) is 0 Å². The summed E-state index contributed by atoms with van der Waals surface area (Å²) in [5.74, 6) is 0.694. The molecule has 2 aromatic carbocycles. The van der Waals surface area contributed by atoms with E-state index in [9.17, 15) is 9.59 Å². The number of ether oxygens (including phenoxy) is 1. The van der Waals surface area contributed by atoms with Crippen molar-refractivity contribution in [1.29, 1.82) is 0 Å². The Balaban J connectivity index is 1.91. The minimum absolute atomic E-state index is 0.0581. The van der Waals surface area contributed by atoms with Crippen molar-refractivity contribution >= 4 is 22.5 Å². The van der Waals surface area contributed by atoms with E-state index in [4.69, 9.17) is 4.74 Å². The van der Waals surface area contributed by atoms with Crippen molar-refractivity contribution in [2.75, 3.05) is 12.4 Å². The van der Waals surface area contributed by atoms with Gasteiger partial charge in [-0.1, -0.05) is 6.07 Å². The largest absolute Gasteiger partial charge is 0.495 e. The SMILES string of the molecule is COc1ccc(-c2ccc3c(c2)CCC(=O)N3)c2ccc(=O)[nH]c12. The number of anilines is 1. The summed E-state index contributed by atoms with van der Waals surface area (Å²) in [5.41, 5.74) is 4.59. The third-order valence-electron chi connectivity index (χ3n) is 4.39. The maximum Gasteiger partial charge on any atom is 0.248 e. The molecule has 1 amide bonds. The minimum atomic E-state index is -0.161. The number of H-pyrrole nitrogens is 1. The molecule has 0 spiro atoms. The molecule has 0 radical (unpaired) electrons. The predicted octanol–water partition coefficient (Wildman–Crippen LogP) is 3.09. The van der Waals surface area contributed by atoms with Gasteiger partial charge in [0.25, 0.3) is 0 Å². The van der Waals surface area contributed by atoms with Crippen LogP contribution in [0.15, 0.2) is 47.3 Å². The highest BCUT2D eigenvalue weighted by Crippen LogP contribution is 2.35. The highest BCUT2D eigenvalue weighted by molar-refractivity contribution is 5.99. The van der Waals surface area contributed by atoms with Gasteiger partial charge in [0.15, 0.2) is 0 Å². The van der Waals surface area contributed by atoms with Crippen LogP contribution in [0.1, 0.15) is 12.0 Å². The van der Waals surface area contributed by atoms with Gasteiger partial charge in [-0.25, -0.2) is 0 Å². The Morgan fingerprint density at radius 3 is 2.71 bits per heavy atom. The monoisotopic (exact) mass is 320 g/mol. The van der Waals surface area contributed by atoms with Crippen molar-refractivity contribution in [2.45, 2.75) is 12.8 Å². The zero-order valence-corrected chi connectivity index (χ0v) is 13.2. The molecular weight excluding hydrogens is 304 g/mol. The predicted molar refractivity (Wildman–Crippen MR) is 93.5 cm³/mol. The molecule has 120 valence electrons. The molecule has 5 nitrogen and oxygen atoms in total. The average Bonchev–Trinajstić information content (AvgIpc) is 2.60. The number of carbonyl (C=O) groups is 1. The van der Waals surface area contributed by atoms with Crippen LogP contribution in [0.25, 0.3) is 22.0 Å². The Bertz CT molecular complexity index is 1020. The summed E-state index contributed by atoms with van der Waals surface area (Å²) in [4.78, 5) is 26.0. The van der Waals surface area contributed by atoms with Crippen LogP contribution >= 0.6 is 0 Å². The first-order chi connectivity index (χ1) is 11.7. The van der Waals surface area contributed by atoms with Crippen LogP contribution < -0.4 is 15.6 Å². The fourth-order valence-electron chi connectivity index (χ4n) is 3.20. The Morgan fingerprint density at radius 2 is 1.88 bits per heavy atom. The topological polar surface area (TPSA) is 71.2 Å². The van der Waals surface area contributed by atoms with E-state index in [0.717, 1.165) is 34.2 Å². The van der Waals surface area contributed by atoms with E-state index in [0.29, 0.717) is 17.7 Å². The first kappa shape index (κ1) is 14.5. The van der Waals surface area contributed by atoms with Crippen LogP contribution in [-0.4, -0.2) is 18.0 Å². The van der Waals surface area contributed by atoms with Crippen molar-refractivity contribution in [3.63, 3.8) is 0 Å². The Labute approximate surface area is 138 Å². The highest BCUT2D eigenvalue weighted by atomic mass is 16.5. The van der Waals surface area contributed by atoms with Gasteiger partial charge >= 0.3 is 0 Å². The van der Waals surface area contributed by atoms with Gasteiger partial charge in [-0.15, -0.1) is 0 Å². The lowest BCUT2D eigenvalue weighted by Gasteiger charge is -2.18. The molecular formula is C19H16N2O3. The van der Waals surface area contributed by atoms with Crippen molar-refractivity contribution in [3.8, 4) is 16.9 Å². The lowest BCUT2D eigenvalue weighted by Crippen LogP contribution is -2.18. The van der Waals surface area contributed by atoms with E-state index in [-0.39, 0.29) is 11.5 Å². The van der Waals surface area contributed by atoms with Gasteiger partial charge in [-0.05, 0) is 53.4 Å². The molecule has 3 aromatic rings. The number of fused-ring (bicyclic) bond motifs is 2. The zero-order chi connectivity index (χ0) is 16.7. The number of aryl methyl sites for hydroxylation is 1. The number of rotatable bonds is 2. The molecule has 0 saturated heterocycles. The number of aromatic nitrogens is 1. The quantitative estimate of drug-likeness (QED) is 0.762. The molecule has 0 bridgehead atoms.